The van der Waals surface area contributed by atoms with Gasteiger partial charge in [0, 0.05) is 24.2 Å². The molecule has 162 valence electrons. The number of hydrogen-bond donors (Lipinski definition) is 1. The van der Waals surface area contributed by atoms with Crippen molar-refractivity contribution in [2.45, 2.75) is 58.2 Å². The average molecular weight is 430 g/mol. The van der Waals surface area contributed by atoms with Gasteiger partial charge in [0.15, 0.2) is 16.7 Å². The van der Waals surface area contributed by atoms with Crippen LogP contribution in [0.5, 0.6) is 11.5 Å². The van der Waals surface area contributed by atoms with Gasteiger partial charge < -0.3 is 14.8 Å². The van der Waals surface area contributed by atoms with Crippen LogP contribution in [-0.4, -0.2) is 35.3 Å². The largest absolute Gasteiger partial charge is 0.490 e. The highest BCUT2D eigenvalue weighted by atomic mass is 32.2. The number of amides is 1. The van der Waals surface area contributed by atoms with E-state index in [1.165, 1.54) is 11.8 Å². The van der Waals surface area contributed by atoms with Crippen molar-refractivity contribution in [2.75, 3.05) is 19.5 Å². The third-order valence-electron chi connectivity index (χ3n) is 5.30. The zero-order valence-electron chi connectivity index (χ0n) is 18.4. The van der Waals surface area contributed by atoms with Gasteiger partial charge in [0.1, 0.15) is 0 Å². The monoisotopic (exact) mass is 429 g/mol. The summed E-state index contributed by atoms with van der Waals surface area (Å²) in [4.78, 5) is 21.8. The molecular weight excluding hydrogens is 398 g/mol. The van der Waals surface area contributed by atoms with Crippen LogP contribution in [0.25, 0.3) is 0 Å². The smallest absolute Gasteiger partial charge is 0.220 e. The first kappa shape index (κ1) is 22.4. The molecule has 0 spiro atoms. The number of fused-ring (bicyclic) bond motifs is 1. The third-order valence-corrected chi connectivity index (χ3v) is 5.85. The normalized spacial score (nSPS) is 14.3. The second-order valence-electron chi connectivity index (χ2n) is 7.91. The predicted molar refractivity (Wildman–Crippen MR) is 119 cm³/mol. The number of aromatic nitrogens is 2. The highest BCUT2D eigenvalue weighted by Crippen LogP contribution is 2.34. The highest BCUT2D eigenvalue weighted by Gasteiger charge is 2.21. The first-order valence-corrected chi connectivity index (χ1v) is 11.7. The van der Waals surface area contributed by atoms with Crippen LogP contribution in [0.2, 0.25) is 0 Å². The van der Waals surface area contributed by atoms with E-state index in [4.69, 9.17) is 9.47 Å². The predicted octanol–water partition coefficient (Wildman–Crippen LogP) is 4.42. The van der Waals surface area contributed by atoms with Crippen LogP contribution in [-0.2, 0) is 11.2 Å². The van der Waals surface area contributed by atoms with Crippen molar-refractivity contribution in [1.82, 2.24) is 15.3 Å². The topological polar surface area (TPSA) is 73.3 Å². The number of rotatable bonds is 7. The van der Waals surface area contributed by atoms with Crippen molar-refractivity contribution in [3.8, 4) is 11.5 Å². The van der Waals surface area contributed by atoms with Gasteiger partial charge in [0.2, 0.25) is 5.91 Å². The van der Waals surface area contributed by atoms with Gasteiger partial charge in [-0.05, 0) is 55.7 Å². The maximum Gasteiger partial charge on any atom is 0.220 e. The zero-order valence-corrected chi connectivity index (χ0v) is 19.3. The maximum atomic E-state index is 12.8. The van der Waals surface area contributed by atoms with Crippen LogP contribution in [0.3, 0.4) is 0 Å². The maximum absolute atomic E-state index is 12.8. The quantitative estimate of drug-likeness (QED) is 0.519. The Balaban J connectivity index is 1.69. The van der Waals surface area contributed by atoms with E-state index in [1.807, 2.05) is 38.3 Å². The number of ether oxygens (including phenoxy) is 2. The number of nitrogens with zero attached hydrogens (tertiary/aromatic N) is 2. The van der Waals surface area contributed by atoms with Crippen molar-refractivity contribution in [1.29, 1.82) is 0 Å². The molecular formula is C23H31N3O3S. The number of hydrogen-bond acceptors (Lipinski definition) is 6. The minimum atomic E-state index is -0.0908. The molecule has 1 aliphatic heterocycles. The summed E-state index contributed by atoms with van der Waals surface area (Å²) in [5.41, 5.74) is 3.98. The molecule has 0 bridgehead atoms. The molecule has 1 unspecified atom stereocenters. The van der Waals surface area contributed by atoms with Gasteiger partial charge in [0.05, 0.1) is 19.3 Å². The van der Waals surface area contributed by atoms with Gasteiger partial charge in [0.25, 0.3) is 0 Å². The van der Waals surface area contributed by atoms with Crippen LogP contribution < -0.4 is 14.8 Å². The molecule has 1 N–H and O–H groups in total. The average Bonchev–Trinajstić information content (AvgIpc) is 2.95. The first-order valence-electron chi connectivity index (χ1n) is 10.5. The lowest BCUT2D eigenvalue weighted by Gasteiger charge is -2.24. The molecule has 0 fully saturated rings. The number of carbonyl (C=O) groups is 1. The second-order valence-corrected chi connectivity index (χ2v) is 8.68. The SMILES string of the molecule is CSc1nc(C)c(CCC(=O)NC(c2ccc3c(c2)OCCCO3)C(C)C)c(C)n1. The van der Waals surface area contributed by atoms with Gasteiger partial charge in [-0.15, -0.1) is 0 Å². The number of nitrogens with one attached hydrogen (secondary N) is 1. The molecule has 1 amide bonds. The Morgan fingerprint density at radius 3 is 2.43 bits per heavy atom. The second kappa shape index (κ2) is 10.2. The fourth-order valence-electron chi connectivity index (χ4n) is 3.65. The summed E-state index contributed by atoms with van der Waals surface area (Å²) in [6.45, 7) is 9.49. The lowest BCUT2D eigenvalue weighted by molar-refractivity contribution is -0.122. The zero-order chi connectivity index (χ0) is 21.7. The Kier molecular flexibility index (Phi) is 7.58. The van der Waals surface area contributed by atoms with Crippen LogP contribution in [0, 0.1) is 19.8 Å². The summed E-state index contributed by atoms with van der Waals surface area (Å²) in [6, 6.07) is 5.86. The van der Waals surface area contributed by atoms with Crippen LogP contribution in [0.1, 0.15) is 55.2 Å². The van der Waals surface area contributed by atoms with E-state index in [1.54, 1.807) is 0 Å². The summed E-state index contributed by atoms with van der Waals surface area (Å²) >= 11 is 1.53. The minimum Gasteiger partial charge on any atom is -0.490 e. The summed E-state index contributed by atoms with van der Waals surface area (Å²) in [5, 5.41) is 3.98. The fourth-order valence-corrected chi connectivity index (χ4v) is 4.11. The van der Waals surface area contributed by atoms with E-state index < -0.39 is 0 Å². The molecule has 0 saturated heterocycles. The molecule has 6 nitrogen and oxygen atoms in total. The van der Waals surface area contributed by atoms with E-state index >= 15 is 0 Å². The van der Waals surface area contributed by atoms with Crippen molar-refractivity contribution in [3.05, 3.63) is 40.7 Å². The van der Waals surface area contributed by atoms with E-state index in [-0.39, 0.29) is 17.9 Å². The van der Waals surface area contributed by atoms with Gasteiger partial charge in [-0.3, -0.25) is 4.79 Å². The fraction of sp³-hybridized carbons (Fsp3) is 0.522. The standard InChI is InChI=1S/C23H31N3O3S/c1-14(2)22(17-7-9-19-20(13-17)29-12-6-11-28-19)26-21(27)10-8-18-15(3)24-23(30-5)25-16(18)4/h7,9,13-14,22H,6,8,10-12H2,1-5H3,(H,26,27). The minimum absolute atomic E-state index is 0.0218. The van der Waals surface area contributed by atoms with Crippen LogP contribution in [0.15, 0.2) is 23.4 Å². The number of aryl methyl sites for hydroxylation is 2. The summed E-state index contributed by atoms with van der Waals surface area (Å²) < 4.78 is 11.5. The number of carbonyl (C=O) groups excluding carboxylic acids is 1. The molecule has 1 atom stereocenters. The van der Waals surface area contributed by atoms with Crippen molar-refractivity contribution in [3.63, 3.8) is 0 Å². The number of thioether (sulfide) groups is 1. The Morgan fingerprint density at radius 2 is 1.80 bits per heavy atom. The van der Waals surface area contributed by atoms with Gasteiger partial charge in [-0.2, -0.15) is 0 Å². The molecule has 1 aliphatic rings. The summed E-state index contributed by atoms with van der Waals surface area (Å²) in [5.74, 6) is 1.78. The molecule has 1 aromatic heterocycles. The highest BCUT2D eigenvalue weighted by molar-refractivity contribution is 7.98. The van der Waals surface area contributed by atoms with Crippen LogP contribution in [0.4, 0.5) is 0 Å². The van der Waals surface area contributed by atoms with Crippen molar-refractivity contribution >= 4 is 17.7 Å². The Morgan fingerprint density at radius 1 is 1.13 bits per heavy atom. The molecule has 0 saturated carbocycles. The molecule has 0 aliphatic carbocycles. The van der Waals surface area contributed by atoms with E-state index in [0.29, 0.717) is 26.1 Å². The molecule has 30 heavy (non-hydrogen) atoms. The molecule has 7 heteroatoms. The van der Waals surface area contributed by atoms with Gasteiger partial charge >= 0.3 is 0 Å². The first-order chi connectivity index (χ1) is 14.4. The van der Waals surface area contributed by atoms with Crippen LogP contribution >= 0.6 is 11.8 Å². The lowest BCUT2D eigenvalue weighted by atomic mass is 9.95. The summed E-state index contributed by atoms with van der Waals surface area (Å²) in [6.07, 6.45) is 3.86. The summed E-state index contributed by atoms with van der Waals surface area (Å²) in [7, 11) is 0. The molecule has 2 aromatic rings. The molecule has 0 radical (unpaired) electrons. The van der Waals surface area contributed by atoms with E-state index in [2.05, 4.69) is 29.1 Å². The Hall–Kier alpha value is -2.28. The Labute approximate surface area is 183 Å². The molecule has 3 rings (SSSR count). The Bertz CT molecular complexity index is 878. The van der Waals surface area contributed by atoms with Gasteiger partial charge in [-0.25, -0.2) is 9.97 Å². The lowest BCUT2D eigenvalue weighted by Crippen LogP contribution is -2.32. The van der Waals surface area contributed by atoms with Crippen molar-refractivity contribution in [2.24, 2.45) is 5.92 Å². The van der Waals surface area contributed by atoms with E-state index in [9.17, 15) is 4.79 Å². The molecule has 1 aromatic carbocycles. The van der Waals surface area contributed by atoms with E-state index in [0.717, 1.165) is 45.6 Å². The van der Waals surface area contributed by atoms with Gasteiger partial charge in [-0.1, -0.05) is 31.7 Å². The number of benzene rings is 1. The molecule has 2 heterocycles. The third kappa shape index (κ3) is 5.45. The van der Waals surface area contributed by atoms with Crippen molar-refractivity contribution < 1.29 is 14.3 Å².